The third-order valence-electron chi connectivity index (χ3n) is 5.15. The number of hydrogen-bond acceptors (Lipinski definition) is 3. The zero-order chi connectivity index (χ0) is 14.7. The minimum atomic E-state index is 0.139. The first kappa shape index (κ1) is 14.7. The lowest BCUT2D eigenvalue weighted by molar-refractivity contribution is 0.276. The molecule has 2 saturated carbocycles. The van der Waals surface area contributed by atoms with E-state index in [-0.39, 0.29) is 5.41 Å². The number of nitrogens with two attached hydrogens (primary N) is 1. The van der Waals surface area contributed by atoms with Crippen LogP contribution in [-0.2, 0) is 5.41 Å². The summed E-state index contributed by atoms with van der Waals surface area (Å²) in [4.78, 5) is 0. The zero-order valence-electron chi connectivity index (χ0n) is 13.1. The molecule has 2 aliphatic carbocycles. The van der Waals surface area contributed by atoms with E-state index >= 15 is 0 Å². The summed E-state index contributed by atoms with van der Waals surface area (Å²) in [5, 5.41) is 0. The highest BCUT2D eigenvalue weighted by atomic mass is 16.5. The largest absolute Gasteiger partial charge is 0.493 e. The van der Waals surface area contributed by atoms with Crippen molar-refractivity contribution in [1.82, 2.24) is 0 Å². The molecule has 0 amide bonds. The molecule has 0 saturated heterocycles. The normalized spacial score (nSPS) is 21.0. The van der Waals surface area contributed by atoms with Crippen LogP contribution in [0.3, 0.4) is 0 Å². The second-order valence-corrected chi connectivity index (χ2v) is 6.67. The molecule has 0 unspecified atom stereocenters. The fourth-order valence-corrected chi connectivity index (χ4v) is 3.45. The van der Waals surface area contributed by atoms with Gasteiger partial charge in [-0.3, -0.25) is 0 Å². The maximum absolute atomic E-state index is 6.13. The van der Waals surface area contributed by atoms with Crippen LogP contribution in [0.25, 0.3) is 0 Å². The second-order valence-electron chi connectivity index (χ2n) is 6.67. The molecule has 0 aliphatic heterocycles. The van der Waals surface area contributed by atoms with Crippen molar-refractivity contribution in [2.24, 2.45) is 11.7 Å². The summed E-state index contributed by atoms with van der Waals surface area (Å²) in [7, 11) is 1.72. The highest BCUT2D eigenvalue weighted by Gasteiger charge is 2.33. The average Bonchev–Trinajstić information content (AvgIpc) is 3.37. The molecule has 1 aromatic rings. The minimum Gasteiger partial charge on any atom is -0.493 e. The van der Waals surface area contributed by atoms with E-state index in [0.717, 1.165) is 30.6 Å². The molecule has 1 aromatic carbocycles. The van der Waals surface area contributed by atoms with Gasteiger partial charge in [-0.2, -0.15) is 0 Å². The monoisotopic (exact) mass is 289 g/mol. The molecule has 116 valence electrons. The van der Waals surface area contributed by atoms with Gasteiger partial charge in [-0.25, -0.2) is 0 Å². The van der Waals surface area contributed by atoms with Crippen molar-refractivity contribution in [2.45, 2.75) is 50.4 Å². The summed E-state index contributed by atoms with van der Waals surface area (Å²) in [6, 6.07) is 6.42. The van der Waals surface area contributed by atoms with Crippen molar-refractivity contribution in [2.75, 3.05) is 20.3 Å². The molecular weight excluding hydrogens is 262 g/mol. The van der Waals surface area contributed by atoms with E-state index in [2.05, 4.69) is 18.2 Å². The van der Waals surface area contributed by atoms with Gasteiger partial charge in [0.2, 0.25) is 0 Å². The maximum atomic E-state index is 6.13. The Balaban J connectivity index is 1.81. The third-order valence-corrected chi connectivity index (χ3v) is 5.15. The van der Waals surface area contributed by atoms with Gasteiger partial charge in [-0.15, -0.1) is 0 Å². The first-order valence-electron chi connectivity index (χ1n) is 8.29. The molecule has 0 atom stereocenters. The highest BCUT2D eigenvalue weighted by molar-refractivity contribution is 5.45. The minimum absolute atomic E-state index is 0.139. The van der Waals surface area contributed by atoms with Crippen LogP contribution >= 0.6 is 0 Å². The predicted molar refractivity (Wildman–Crippen MR) is 85.0 cm³/mol. The standard InChI is InChI=1S/C18H27NO2/c1-20-17-11-15(18(13-19)9-3-2-4-10-18)7-8-16(17)21-12-14-5-6-14/h7-8,11,14H,2-6,9-10,12-13,19H2,1H3. The maximum Gasteiger partial charge on any atom is 0.161 e. The van der Waals surface area contributed by atoms with Crippen LogP contribution in [0.2, 0.25) is 0 Å². The molecule has 2 aliphatic rings. The van der Waals surface area contributed by atoms with Gasteiger partial charge in [0.05, 0.1) is 13.7 Å². The molecule has 0 spiro atoms. The summed E-state index contributed by atoms with van der Waals surface area (Å²) in [6.45, 7) is 1.54. The van der Waals surface area contributed by atoms with Crippen LogP contribution < -0.4 is 15.2 Å². The Hall–Kier alpha value is -1.22. The SMILES string of the molecule is COc1cc(C2(CN)CCCCC2)ccc1OCC1CC1. The number of ether oxygens (including phenoxy) is 2. The van der Waals surface area contributed by atoms with Crippen LogP contribution in [0.1, 0.15) is 50.5 Å². The lowest BCUT2D eigenvalue weighted by Gasteiger charge is -2.37. The van der Waals surface area contributed by atoms with Crippen molar-refractivity contribution in [1.29, 1.82) is 0 Å². The fourth-order valence-electron chi connectivity index (χ4n) is 3.45. The van der Waals surface area contributed by atoms with Crippen LogP contribution in [0, 0.1) is 5.92 Å². The summed E-state index contributed by atoms with van der Waals surface area (Å²) < 4.78 is 11.5. The molecule has 3 rings (SSSR count). The lowest BCUT2D eigenvalue weighted by Crippen LogP contribution is -2.37. The van der Waals surface area contributed by atoms with E-state index in [1.165, 1.54) is 50.5 Å². The predicted octanol–water partition coefficient (Wildman–Crippen LogP) is 3.64. The number of methoxy groups -OCH3 is 1. The van der Waals surface area contributed by atoms with E-state index < -0.39 is 0 Å². The van der Waals surface area contributed by atoms with Crippen molar-refractivity contribution in [3.63, 3.8) is 0 Å². The highest BCUT2D eigenvalue weighted by Crippen LogP contribution is 2.42. The Morgan fingerprint density at radius 1 is 1.14 bits per heavy atom. The Kier molecular flexibility index (Phi) is 4.39. The Labute approximate surface area is 127 Å². The van der Waals surface area contributed by atoms with Crippen molar-refractivity contribution >= 4 is 0 Å². The van der Waals surface area contributed by atoms with E-state index in [1.54, 1.807) is 7.11 Å². The van der Waals surface area contributed by atoms with Gasteiger partial charge in [-0.1, -0.05) is 25.3 Å². The summed E-state index contributed by atoms with van der Waals surface area (Å²) in [5.41, 5.74) is 7.59. The smallest absolute Gasteiger partial charge is 0.161 e. The van der Waals surface area contributed by atoms with Crippen LogP contribution in [0.4, 0.5) is 0 Å². The first-order valence-corrected chi connectivity index (χ1v) is 8.29. The number of rotatable bonds is 6. The Morgan fingerprint density at radius 2 is 1.90 bits per heavy atom. The van der Waals surface area contributed by atoms with Gasteiger partial charge in [-0.05, 0) is 49.3 Å². The average molecular weight is 289 g/mol. The van der Waals surface area contributed by atoms with Gasteiger partial charge >= 0.3 is 0 Å². The molecule has 0 bridgehead atoms. The molecule has 3 heteroatoms. The molecule has 3 nitrogen and oxygen atoms in total. The zero-order valence-corrected chi connectivity index (χ0v) is 13.1. The number of hydrogen-bond donors (Lipinski definition) is 1. The topological polar surface area (TPSA) is 44.5 Å². The molecule has 2 fully saturated rings. The third kappa shape index (κ3) is 3.18. The van der Waals surface area contributed by atoms with Gasteiger partial charge in [0, 0.05) is 12.0 Å². The van der Waals surface area contributed by atoms with Gasteiger partial charge in [0.25, 0.3) is 0 Å². The molecule has 0 aromatic heterocycles. The van der Waals surface area contributed by atoms with Crippen molar-refractivity contribution in [3.05, 3.63) is 23.8 Å². The molecule has 2 N–H and O–H groups in total. The Morgan fingerprint density at radius 3 is 2.52 bits per heavy atom. The fraction of sp³-hybridized carbons (Fsp3) is 0.667. The van der Waals surface area contributed by atoms with Crippen LogP contribution in [0.5, 0.6) is 11.5 Å². The molecule has 0 radical (unpaired) electrons. The summed E-state index contributed by atoms with van der Waals surface area (Å²) in [5.74, 6) is 2.48. The van der Waals surface area contributed by atoms with Crippen LogP contribution in [-0.4, -0.2) is 20.3 Å². The van der Waals surface area contributed by atoms with Crippen molar-refractivity contribution in [3.8, 4) is 11.5 Å². The Bertz CT molecular complexity index is 476. The first-order chi connectivity index (χ1) is 10.3. The van der Waals surface area contributed by atoms with Gasteiger partial charge < -0.3 is 15.2 Å². The molecule has 21 heavy (non-hydrogen) atoms. The lowest BCUT2D eigenvalue weighted by atomic mass is 9.69. The molecular formula is C18H27NO2. The number of benzene rings is 1. The van der Waals surface area contributed by atoms with E-state index in [0.29, 0.717) is 0 Å². The van der Waals surface area contributed by atoms with E-state index in [1.807, 2.05) is 0 Å². The quantitative estimate of drug-likeness (QED) is 0.869. The van der Waals surface area contributed by atoms with Gasteiger partial charge in [0.15, 0.2) is 11.5 Å². The molecule has 0 heterocycles. The summed E-state index contributed by atoms with van der Waals surface area (Å²) >= 11 is 0. The van der Waals surface area contributed by atoms with Gasteiger partial charge in [0.1, 0.15) is 0 Å². The second kappa shape index (κ2) is 6.27. The van der Waals surface area contributed by atoms with Crippen molar-refractivity contribution < 1.29 is 9.47 Å². The van der Waals surface area contributed by atoms with E-state index in [4.69, 9.17) is 15.2 Å². The summed E-state index contributed by atoms with van der Waals surface area (Å²) in [6.07, 6.45) is 8.87. The van der Waals surface area contributed by atoms with Crippen LogP contribution in [0.15, 0.2) is 18.2 Å². The van der Waals surface area contributed by atoms with E-state index in [9.17, 15) is 0 Å².